The van der Waals surface area contributed by atoms with Crippen LogP contribution in [0.5, 0.6) is 0 Å². The van der Waals surface area contributed by atoms with Crippen LogP contribution in [0.4, 0.5) is 13.8 Å². The van der Waals surface area contributed by atoms with Crippen LogP contribution in [-0.4, -0.2) is 22.0 Å². The van der Waals surface area contributed by atoms with E-state index in [4.69, 9.17) is 5.11 Å². The Morgan fingerprint density at radius 2 is 2.10 bits per heavy atom. The molecule has 0 aliphatic carbocycles. The molecular formula is C12H8F2N2O3S. The molecule has 8 heteroatoms. The first-order chi connectivity index (χ1) is 9.40. The number of carbonyl (C=O) groups is 2. The summed E-state index contributed by atoms with van der Waals surface area (Å²) in [7, 11) is 0. The first-order valence-electron chi connectivity index (χ1n) is 5.35. The van der Waals surface area contributed by atoms with E-state index >= 15 is 0 Å². The molecule has 0 fully saturated rings. The van der Waals surface area contributed by atoms with Crippen molar-refractivity contribution in [2.75, 3.05) is 5.32 Å². The van der Waals surface area contributed by atoms with Crippen molar-refractivity contribution < 1.29 is 23.5 Å². The molecule has 5 nitrogen and oxygen atoms in total. The minimum atomic E-state index is -1.37. The third kappa shape index (κ3) is 2.64. The van der Waals surface area contributed by atoms with Crippen molar-refractivity contribution >= 4 is 28.2 Å². The number of amides is 1. The molecule has 0 saturated carbocycles. The Hall–Kier alpha value is -2.35. The van der Waals surface area contributed by atoms with Gasteiger partial charge in [-0.3, -0.25) is 4.79 Å². The second kappa shape index (κ2) is 5.33. The number of aromatic carboxylic acids is 1. The van der Waals surface area contributed by atoms with E-state index in [0.29, 0.717) is 5.56 Å². The van der Waals surface area contributed by atoms with Gasteiger partial charge >= 0.3 is 5.97 Å². The van der Waals surface area contributed by atoms with Crippen LogP contribution < -0.4 is 5.32 Å². The molecule has 0 aliphatic rings. The zero-order valence-corrected chi connectivity index (χ0v) is 10.9. The van der Waals surface area contributed by atoms with Crippen LogP contribution >= 0.6 is 11.3 Å². The molecule has 2 heterocycles. The molecule has 20 heavy (non-hydrogen) atoms. The molecule has 0 aliphatic heterocycles. The summed E-state index contributed by atoms with van der Waals surface area (Å²) in [6.45, 7) is 1.57. The Balaban J connectivity index is 2.26. The number of aryl methyl sites for hydroxylation is 1. The number of hydrogen-bond acceptors (Lipinski definition) is 4. The van der Waals surface area contributed by atoms with Gasteiger partial charge in [0.15, 0.2) is 5.82 Å². The summed E-state index contributed by atoms with van der Waals surface area (Å²) in [5.41, 5.74) is -0.0281. The number of hydrogen-bond donors (Lipinski definition) is 2. The van der Waals surface area contributed by atoms with Crippen LogP contribution in [0, 0.1) is 18.7 Å². The fourth-order valence-corrected chi connectivity index (χ4v) is 2.44. The smallest absolute Gasteiger partial charge is 0.346 e. The predicted molar refractivity (Wildman–Crippen MR) is 68.1 cm³/mol. The Morgan fingerprint density at radius 3 is 2.70 bits per heavy atom. The van der Waals surface area contributed by atoms with Gasteiger partial charge in [0.05, 0.1) is 10.6 Å². The van der Waals surface area contributed by atoms with Gasteiger partial charge in [-0.2, -0.15) is 4.39 Å². The molecule has 0 radical (unpaired) electrons. The zero-order chi connectivity index (χ0) is 14.9. The van der Waals surface area contributed by atoms with Crippen molar-refractivity contribution in [2.24, 2.45) is 0 Å². The lowest BCUT2D eigenvalue weighted by molar-refractivity contribution is 0.0701. The third-order valence-corrected chi connectivity index (χ3v) is 3.58. The van der Waals surface area contributed by atoms with Crippen LogP contribution in [0.15, 0.2) is 18.3 Å². The van der Waals surface area contributed by atoms with Crippen LogP contribution in [-0.2, 0) is 0 Å². The van der Waals surface area contributed by atoms with Crippen LogP contribution in [0.3, 0.4) is 0 Å². The third-order valence-electron chi connectivity index (χ3n) is 2.44. The number of pyridine rings is 1. The highest BCUT2D eigenvalue weighted by atomic mass is 32.1. The van der Waals surface area contributed by atoms with E-state index in [1.54, 1.807) is 6.92 Å². The maximum Gasteiger partial charge on any atom is 0.346 e. The van der Waals surface area contributed by atoms with Crippen molar-refractivity contribution in [3.8, 4) is 0 Å². The van der Waals surface area contributed by atoms with Gasteiger partial charge in [-0.25, -0.2) is 14.2 Å². The summed E-state index contributed by atoms with van der Waals surface area (Å²) in [6, 6.07) is 2.48. The number of rotatable bonds is 3. The summed E-state index contributed by atoms with van der Waals surface area (Å²) in [6.07, 6.45) is 0.968. The second-order valence-electron chi connectivity index (χ2n) is 3.85. The molecule has 2 aromatic rings. The lowest BCUT2D eigenvalue weighted by Gasteiger charge is -2.03. The van der Waals surface area contributed by atoms with Gasteiger partial charge in [0.25, 0.3) is 5.91 Å². The van der Waals surface area contributed by atoms with Gasteiger partial charge < -0.3 is 10.4 Å². The van der Waals surface area contributed by atoms with E-state index < -0.39 is 29.2 Å². The minimum absolute atomic E-state index is 0.0710. The predicted octanol–water partition coefficient (Wildman–Crippen LogP) is 2.68. The molecule has 0 aromatic carbocycles. The number of halogens is 2. The van der Waals surface area contributed by atoms with Crippen molar-refractivity contribution in [2.45, 2.75) is 6.92 Å². The minimum Gasteiger partial charge on any atom is -0.477 e. The fraction of sp³-hybridized carbons (Fsp3) is 0.0833. The van der Waals surface area contributed by atoms with Crippen molar-refractivity contribution in [3.05, 3.63) is 46.1 Å². The SMILES string of the molecule is Cc1cc(NC(=O)c2ccnc(F)c2F)sc1C(=O)O. The number of thiophene rings is 1. The van der Waals surface area contributed by atoms with Crippen LogP contribution in [0.1, 0.15) is 25.6 Å². The quantitative estimate of drug-likeness (QED) is 0.854. The first-order valence-corrected chi connectivity index (χ1v) is 6.17. The lowest BCUT2D eigenvalue weighted by atomic mass is 10.2. The lowest BCUT2D eigenvalue weighted by Crippen LogP contribution is -2.14. The largest absolute Gasteiger partial charge is 0.477 e. The van der Waals surface area contributed by atoms with Gasteiger partial charge in [-0.15, -0.1) is 11.3 Å². The number of nitrogens with zero attached hydrogens (tertiary/aromatic N) is 1. The molecule has 0 spiro atoms. The number of carboxylic acid groups (broad SMARTS) is 1. The Morgan fingerprint density at radius 1 is 1.40 bits per heavy atom. The van der Waals surface area contributed by atoms with Gasteiger partial charge in [0.2, 0.25) is 5.95 Å². The van der Waals surface area contributed by atoms with E-state index in [9.17, 15) is 18.4 Å². The van der Waals surface area contributed by atoms with Gasteiger partial charge in [-0.05, 0) is 24.6 Å². The van der Waals surface area contributed by atoms with E-state index in [0.717, 1.165) is 23.6 Å². The standard InChI is InChI=1S/C12H8F2N2O3S/c1-5-4-7(20-9(5)12(18)19)16-11(17)6-2-3-15-10(14)8(6)13/h2-4H,1H3,(H,16,17)(H,18,19). The van der Waals surface area contributed by atoms with Crippen molar-refractivity contribution in [1.29, 1.82) is 0 Å². The van der Waals surface area contributed by atoms with Gasteiger partial charge in [-0.1, -0.05) is 0 Å². The molecule has 0 unspecified atom stereocenters. The summed E-state index contributed by atoms with van der Waals surface area (Å²) >= 11 is 0.837. The molecular weight excluding hydrogens is 290 g/mol. The molecule has 2 aromatic heterocycles. The Kier molecular flexibility index (Phi) is 3.75. The zero-order valence-electron chi connectivity index (χ0n) is 10.1. The highest BCUT2D eigenvalue weighted by molar-refractivity contribution is 7.18. The number of carbonyl (C=O) groups excluding carboxylic acids is 1. The van der Waals surface area contributed by atoms with E-state index in [1.165, 1.54) is 6.07 Å². The van der Waals surface area contributed by atoms with E-state index in [1.807, 2.05) is 0 Å². The van der Waals surface area contributed by atoms with E-state index in [-0.39, 0.29) is 9.88 Å². The fourth-order valence-electron chi connectivity index (χ4n) is 1.53. The summed E-state index contributed by atoms with van der Waals surface area (Å²) in [4.78, 5) is 25.8. The average Bonchev–Trinajstić information content (AvgIpc) is 2.73. The highest BCUT2D eigenvalue weighted by Crippen LogP contribution is 2.27. The highest BCUT2D eigenvalue weighted by Gasteiger charge is 2.18. The summed E-state index contributed by atoms with van der Waals surface area (Å²) in [5.74, 6) is -4.71. The topological polar surface area (TPSA) is 79.3 Å². The van der Waals surface area contributed by atoms with Crippen molar-refractivity contribution in [1.82, 2.24) is 4.98 Å². The molecule has 1 amide bonds. The Labute approximate surface area is 115 Å². The molecule has 104 valence electrons. The number of nitrogens with one attached hydrogen (secondary N) is 1. The van der Waals surface area contributed by atoms with Gasteiger partial charge in [0.1, 0.15) is 4.88 Å². The maximum absolute atomic E-state index is 13.4. The van der Waals surface area contributed by atoms with Gasteiger partial charge in [0, 0.05) is 6.20 Å². The Bertz CT molecular complexity index is 700. The monoisotopic (exact) mass is 298 g/mol. The maximum atomic E-state index is 13.4. The average molecular weight is 298 g/mol. The van der Waals surface area contributed by atoms with Crippen LogP contribution in [0.2, 0.25) is 0 Å². The molecule has 2 rings (SSSR count). The number of aromatic nitrogens is 1. The molecule has 0 bridgehead atoms. The summed E-state index contributed by atoms with van der Waals surface area (Å²) < 4.78 is 26.3. The molecule has 2 N–H and O–H groups in total. The second-order valence-corrected chi connectivity index (χ2v) is 4.90. The normalized spacial score (nSPS) is 10.3. The van der Waals surface area contributed by atoms with Crippen molar-refractivity contribution in [3.63, 3.8) is 0 Å². The molecule has 0 saturated heterocycles. The van der Waals surface area contributed by atoms with E-state index in [2.05, 4.69) is 10.3 Å². The molecule has 0 atom stereocenters. The number of anilines is 1. The first kappa shape index (κ1) is 14.1. The number of carboxylic acids is 1. The summed E-state index contributed by atoms with van der Waals surface area (Å²) in [5, 5.41) is 11.5. The van der Waals surface area contributed by atoms with Crippen LogP contribution in [0.25, 0.3) is 0 Å².